The first-order valence-electron chi connectivity index (χ1n) is 8.56. The van der Waals surface area contributed by atoms with Gasteiger partial charge in [0.2, 0.25) is 5.60 Å². The average Bonchev–Trinajstić information content (AvgIpc) is 2.66. The molecule has 0 unspecified atom stereocenters. The summed E-state index contributed by atoms with van der Waals surface area (Å²) in [7, 11) is 0. The van der Waals surface area contributed by atoms with Crippen molar-refractivity contribution in [1.82, 2.24) is 9.97 Å². The van der Waals surface area contributed by atoms with Crippen molar-refractivity contribution in [2.75, 3.05) is 6.61 Å². The average molecular weight is 407 g/mol. The third kappa shape index (κ3) is 3.65. The van der Waals surface area contributed by atoms with Crippen LogP contribution in [0.4, 0.5) is 17.6 Å². The van der Waals surface area contributed by atoms with Gasteiger partial charge in [0.25, 0.3) is 0 Å². The first kappa shape index (κ1) is 20.7. The highest BCUT2D eigenvalue weighted by Gasteiger charge is 2.59. The van der Waals surface area contributed by atoms with Crippen LogP contribution in [-0.2, 0) is 16.7 Å². The van der Waals surface area contributed by atoms with Crippen molar-refractivity contribution in [3.8, 4) is 6.07 Å². The highest BCUT2D eigenvalue weighted by atomic mass is 19.4. The Morgan fingerprint density at radius 2 is 2.00 bits per heavy atom. The lowest BCUT2D eigenvalue weighted by Crippen LogP contribution is -2.60. The van der Waals surface area contributed by atoms with Crippen LogP contribution in [0, 0.1) is 17.1 Å². The molecule has 3 heterocycles. The van der Waals surface area contributed by atoms with E-state index in [0.29, 0.717) is 17.0 Å². The molecule has 3 rings (SSSR count). The number of alkyl halides is 3. The van der Waals surface area contributed by atoms with Crippen molar-refractivity contribution in [2.45, 2.75) is 37.6 Å². The number of aromatic nitrogens is 2. The van der Waals surface area contributed by atoms with Crippen molar-refractivity contribution in [3.63, 3.8) is 0 Å². The molecule has 0 spiro atoms. The van der Waals surface area contributed by atoms with E-state index in [-0.39, 0.29) is 12.1 Å². The molecule has 0 saturated carbocycles. The van der Waals surface area contributed by atoms with Gasteiger partial charge in [-0.15, -0.1) is 0 Å². The third-order valence-electron chi connectivity index (χ3n) is 4.81. The van der Waals surface area contributed by atoms with Gasteiger partial charge in [-0.3, -0.25) is 15.0 Å². The van der Waals surface area contributed by atoms with E-state index < -0.39 is 35.6 Å². The van der Waals surface area contributed by atoms with Crippen molar-refractivity contribution >= 4 is 5.84 Å². The summed E-state index contributed by atoms with van der Waals surface area (Å²) in [4.78, 5) is 12.3. The fourth-order valence-corrected chi connectivity index (χ4v) is 2.92. The van der Waals surface area contributed by atoms with Gasteiger partial charge in [0.15, 0.2) is 0 Å². The van der Waals surface area contributed by atoms with Crippen molar-refractivity contribution < 1.29 is 22.3 Å². The molecule has 0 saturated heterocycles. The van der Waals surface area contributed by atoms with Gasteiger partial charge in [-0.2, -0.15) is 18.4 Å². The number of hydrogen-bond acceptors (Lipinski definition) is 6. The van der Waals surface area contributed by atoms with Gasteiger partial charge < -0.3 is 10.5 Å². The molecule has 0 amide bonds. The van der Waals surface area contributed by atoms with Crippen LogP contribution in [0.25, 0.3) is 0 Å². The normalized spacial score (nSPS) is 24.7. The molecule has 2 N–H and O–H groups in total. The Kier molecular flexibility index (Phi) is 5.04. The van der Waals surface area contributed by atoms with Crippen LogP contribution in [0.5, 0.6) is 0 Å². The fraction of sp³-hybridized carbons (Fsp3) is 0.368. The van der Waals surface area contributed by atoms with Crippen molar-refractivity contribution in [2.24, 2.45) is 10.7 Å². The Hall–Kier alpha value is -3.06. The van der Waals surface area contributed by atoms with Gasteiger partial charge in [0.05, 0.1) is 17.9 Å². The maximum absolute atomic E-state index is 14.5. The first-order valence-corrected chi connectivity index (χ1v) is 8.56. The second kappa shape index (κ2) is 7.08. The number of nitrogens with zero attached hydrogens (tertiary/aromatic N) is 4. The van der Waals surface area contributed by atoms with E-state index in [2.05, 4.69) is 15.0 Å². The minimum absolute atomic E-state index is 0.132. The Balaban J connectivity index is 2.00. The number of halogens is 4. The van der Waals surface area contributed by atoms with Gasteiger partial charge >= 0.3 is 6.18 Å². The van der Waals surface area contributed by atoms with Crippen LogP contribution in [0.2, 0.25) is 0 Å². The lowest BCUT2D eigenvalue weighted by atomic mass is 9.93. The molecule has 2 aromatic rings. The highest BCUT2D eigenvalue weighted by molar-refractivity contribution is 5.90. The zero-order valence-corrected chi connectivity index (χ0v) is 15.6. The Bertz CT molecular complexity index is 1020. The molecular formula is C19H17F4N5O. The van der Waals surface area contributed by atoms with Crippen LogP contribution in [-0.4, -0.2) is 34.2 Å². The summed E-state index contributed by atoms with van der Waals surface area (Å²) >= 11 is 0. The van der Waals surface area contributed by atoms with E-state index in [0.717, 1.165) is 13.0 Å². The molecule has 29 heavy (non-hydrogen) atoms. The van der Waals surface area contributed by atoms with Crippen LogP contribution in [0.3, 0.4) is 0 Å². The molecule has 2 aromatic heterocycles. The van der Waals surface area contributed by atoms with E-state index >= 15 is 0 Å². The minimum Gasteiger partial charge on any atom is -0.385 e. The minimum atomic E-state index is -4.78. The smallest absolute Gasteiger partial charge is 0.385 e. The van der Waals surface area contributed by atoms with Crippen LogP contribution >= 0.6 is 0 Å². The quantitative estimate of drug-likeness (QED) is 0.789. The Morgan fingerprint density at radius 1 is 1.28 bits per heavy atom. The molecule has 152 valence electrons. The lowest BCUT2D eigenvalue weighted by molar-refractivity contribution is -0.249. The van der Waals surface area contributed by atoms with Crippen LogP contribution in [0.1, 0.15) is 36.5 Å². The predicted molar refractivity (Wildman–Crippen MR) is 95.3 cm³/mol. The molecule has 0 aliphatic carbocycles. The summed E-state index contributed by atoms with van der Waals surface area (Å²) in [5.41, 5.74) is 2.23. The largest absolute Gasteiger partial charge is 0.424 e. The van der Waals surface area contributed by atoms with Gasteiger partial charge in [0.1, 0.15) is 29.0 Å². The van der Waals surface area contributed by atoms with E-state index in [1.165, 1.54) is 19.2 Å². The third-order valence-corrected chi connectivity index (χ3v) is 4.81. The monoisotopic (exact) mass is 407 g/mol. The maximum Gasteiger partial charge on any atom is 0.424 e. The number of pyridine rings is 2. The van der Waals surface area contributed by atoms with E-state index in [9.17, 15) is 22.8 Å². The van der Waals surface area contributed by atoms with E-state index in [1.54, 1.807) is 12.1 Å². The maximum atomic E-state index is 14.5. The summed E-state index contributed by atoms with van der Waals surface area (Å²) in [6.45, 7) is 1.60. The zero-order valence-electron chi connectivity index (χ0n) is 15.6. The zero-order chi connectivity index (χ0) is 21.4. The molecule has 1 aliphatic rings. The number of aliphatic imine (C=N–C) groups is 1. The molecule has 0 aromatic carbocycles. The van der Waals surface area contributed by atoms with Gasteiger partial charge in [-0.1, -0.05) is 0 Å². The van der Waals surface area contributed by atoms with Gasteiger partial charge in [-0.25, -0.2) is 4.39 Å². The molecule has 6 nitrogen and oxygen atoms in total. The van der Waals surface area contributed by atoms with Gasteiger partial charge in [-0.05, 0) is 38.1 Å². The van der Waals surface area contributed by atoms with Crippen LogP contribution < -0.4 is 5.73 Å². The molecule has 0 fully saturated rings. The topological polar surface area (TPSA) is 97.2 Å². The van der Waals surface area contributed by atoms with Gasteiger partial charge in [0, 0.05) is 18.3 Å². The highest BCUT2D eigenvalue weighted by Crippen LogP contribution is 2.40. The molecule has 10 heteroatoms. The van der Waals surface area contributed by atoms with Crippen LogP contribution in [0.15, 0.2) is 35.5 Å². The number of ether oxygens (including phenoxy) is 1. The number of amidine groups is 1. The Labute approximate surface area is 164 Å². The lowest BCUT2D eigenvalue weighted by Gasteiger charge is -2.40. The summed E-state index contributed by atoms with van der Waals surface area (Å²) in [6, 6.07) is 7.77. The fourth-order valence-electron chi connectivity index (χ4n) is 2.92. The summed E-state index contributed by atoms with van der Waals surface area (Å²) in [5, 5.41) is 9.17. The predicted octanol–water partition coefficient (Wildman–Crippen LogP) is 3.00. The second-order valence-electron chi connectivity index (χ2n) is 7.01. The SMILES string of the molecule is C[C@@]1(c2nc(Cc3ncccc3C#N)ccc2F)CO[C@@](C)(C(F)(F)F)C(N)=N1. The van der Waals surface area contributed by atoms with E-state index in [4.69, 9.17) is 10.5 Å². The molecule has 2 atom stereocenters. The van der Waals surface area contributed by atoms with E-state index in [1.807, 2.05) is 6.07 Å². The standard InChI is InChI=1S/C19H17F4N5O/c1-17(10-29-18(2,16(25)28-17)19(21,22)23)15-13(20)6-5-12(27-15)8-14-11(9-24)4-3-7-26-14/h3-7H,8,10H2,1-2H3,(H2,25,28)/t17-,18+/m0/s1. The van der Waals surface area contributed by atoms with Crippen molar-refractivity contribution in [1.29, 1.82) is 5.26 Å². The number of nitriles is 1. The number of nitrogens with two attached hydrogens (primary N) is 1. The first-order chi connectivity index (χ1) is 13.5. The van der Waals surface area contributed by atoms with Crippen molar-refractivity contribution in [3.05, 3.63) is 58.9 Å². The summed E-state index contributed by atoms with van der Waals surface area (Å²) < 4.78 is 59.4. The Morgan fingerprint density at radius 3 is 2.62 bits per heavy atom. The molecular weight excluding hydrogens is 390 g/mol. The summed E-state index contributed by atoms with van der Waals surface area (Å²) in [5.74, 6) is -1.56. The molecule has 1 aliphatic heterocycles. The summed E-state index contributed by atoms with van der Waals surface area (Å²) in [6.07, 6.45) is -3.13. The molecule has 0 bridgehead atoms. The number of rotatable bonds is 3. The molecule has 0 radical (unpaired) electrons. The second-order valence-corrected chi connectivity index (χ2v) is 7.01. The number of hydrogen-bond donors (Lipinski definition) is 1.